The predicted octanol–water partition coefficient (Wildman–Crippen LogP) is 4.15. The van der Waals surface area contributed by atoms with Gasteiger partial charge in [-0.2, -0.15) is 0 Å². The van der Waals surface area contributed by atoms with Crippen LogP contribution in [-0.4, -0.2) is 18.5 Å². The van der Waals surface area contributed by atoms with Crippen molar-refractivity contribution in [3.05, 3.63) is 0 Å². The molecule has 0 aliphatic carbocycles. The van der Waals surface area contributed by atoms with Crippen LogP contribution in [0.5, 0.6) is 0 Å². The molecule has 0 spiro atoms. The fraction of sp³-hybridized carbons (Fsp3) is 0.941. The van der Waals surface area contributed by atoms with Crippen molar-refractivity contribution in [1.82, 2.24) is 5.32 Å². The summed E-state index contributed by atoms with van der Waals surface area (Å²) in [7, 11) is 0. The van der Waals surface area contributed by atoms with E-state index in [-0.39, 0.29) is 11.9 Å². The van der Waals surface area contributed by atoms with E-state index in [1.165, 1.54) is 51.4 Å². The van der Waals surface area contributed by atoms with Crippen LogP contribution in [0.15, 0.2) is 0 Å². The normalized spacial score (nSPS) is 12.3. The summed E-state index contributed by atoms with van der Waals surface area (Å²) in [6.07, 6.45) is 14.3. The highest BCUT2D eigenvalue weighted by Crippen LogP contribution is 2.10. The molecule has 1 atom stereocenters. The zero-order valence-electron chi connectivity index (χ0n) is 13.8. The molecular formula is C17H36N2O. The van der Waals surface area contributed by atoms with E-state index in [0.717, 1.165) is 25.8 Å². The Bertz CT molecular complexity index is 217. The summed E-state index contributed by atoms with van der Waals surface area (Å²) in [5.74, 6) is 0.206. The number of nitrogens with two attached hydrogens (primary N) is 1. The molecule has 3 N–H and O–H groups in total. The van der Waals surface area contributed by atoms with Gasteiger partial charge in [0.2, 0.25) is 5.91 Å². The van der Waals surface area contributed by atoms with Gasteiger partial charge in [0.25, 0.3) is 0 Å². The molecule has 0 aromatic rings. The number of hydrogen-bond donors (Lipinski definition) is 2. The average molecular weight is 284 g/mol. The standard InChI is InChI=1S/C17H36N2O/c1-3-4-5-6-7-8-9-10-11-14-17(20)19-15-12-13-16(2)18/h16H,3-15,18H2,1-2H3,(H,19,20). The van der Waals surface area contributed by atoms with E-state index in [2.05, 4.69) is 12.2 Å². The van der Waals surface area contributed by atoms with Crippen molar-refractivity contribution < 1.29 is 4.79 Å². The van der Waals surface area contributed by atoms with Gasteiger partial charge in [0.15, 0.2) is 0 Å². The maximum atomic E-state index is 11.6. The predicted molar refractivity (Wildman–Crippen MR) is 87.7 cm³/mol. The summed E-state index contributed by atoms with van der Waals surface area (Å²) in [4.78, 5) is 11.6. The molecule has 0 saturated heterocycles. The first-order valence-corrected chi connectivity index (χ1v) is 8.69. The van der Waals surface area contributed by atoms with Crippen LogP contribution in [0, 0.1) is 0 Å². The smallest absolute Gasteiger partial charge is 0.219 e. The molecule has 120 valence electrons. The molecule has 0 saturated carbocycles. The summed E-state index contributed by atoms with van der Waals surface area (Å²) in [6.45, 7) is 5.03. The summed E-state index contributed by atoms with van der Waals surface area (Å²) >= 11 is 0. The number of unbranched alkanes of at least 4 members (excludes halogenated alkanes) is 8. The van der Waals surface area contributed by atoms with Crippen molar-refractivity contribution in [1.29, 1.82) is 0 Å². The first kappa shape index (κ1) is 19.4. The van der Waals surface area contributed by atoms with Crippen LogP contribution in [0.2, 0.25) is 0 Å². The zero-order valence-corrected chi connectivity index (χ0v) is 13.8. The Morgan fingerprint density at radius 3 is 2.05 bits per heavy atom. The number of nitrogens with one attached hydrogen (secondary N) is 1. The minimum atomic E-state index is 0.206. The highest BCUT2D eigenvalue weighted by Gasteiger charge is 2.01. The highest BCUT2D eigenvalue weighted by molar-refractivity contribution is 5.75. The fourth-order valence-electron chi connectivity index (χ4n) is 2.34. The molecule has 0 radical (unpaired) electrons. The van der Waals surface area contributed by atoms with E-state index in [1.807, 2.05) is 6.92 Å². The molecule has 20 heavy (non-hydrogen) atoms. The third-order valence-corrected chi connectivity index (χ3v) is 3.67. The Hall–Kier alpha value is -0.570. The van der Waals surface area contributed by atoms with Gasteiger partial charge in [-0.05, 0) is 26.2 Å². The molecule has 0 aliphatic heterocycles. The van der Waals surface area contributed by atoms with E-state index in [0.29, 0.717) is 6.42 Å². The lowest BCUT2D eigenvalue weighted by molar-refractivity contribution is -0.121. The van der Waals surface area contributed by atoms with Crippen molar-refractivity contribution in [2.75, 3.05) is 6.54 Å². The lowest BCUT2D eigenvalue weighted by Crippen LogP contribution is -2.25. The molecule has 0 heterocycles. The van der Waals surface area contributed by atoms with Gasteiger partial charge in [-0.3, -0.25) is 4.79 Å². The molecule has 0 rings (SSSR count). The minimum absolute atomic E-state index is 0.206. The topological polar surface area (TPSA) is 55.1 Å². The quantitative estimate of drug-likeness (QED) is 0.471. The molecule has 1 unspecified atom stereocenters. The molecule has 3 heteroatoms. The van der Waals surface area contributed by atoms with Crippen LogP contribution in [0.4, 0.5) is 0 Å². The second-order valence-electron chi connectivity index (χ2n) is 6.05. The Kier molecular flexibility index (Phi) is 14.4. The number of rotatable bonds is 14. The lowest BCUT2D eigenvalue weighted by Gasteiger charge is -2.07. The van der Waals surface area contributed by atoms with Crippen LogP contribution in [-0.2, 0) is 4.79 Å². The minimum Gasteiger partial charge on any atom is -0.356 e. The van der Waals surface area contributed by atoms with E-state index >= 15 is 0 Å². The maximum absolute atomic E-state index is 11.6. The van der Waals surface area contributed by atoms with Gasteiger partial charge in [0, 0.05) is 19.0 Å². The van der Waals surface area contributed by atoms with Crippen LogP contribution >= 0.6 is 0 Å². The van der Waals surface area contributed by atoms with E-state index in [1.54, 1.807) is 0 Å². The maximum Gasteiger partial charge on any atom is 0.219 e. The fourth-order valence-corrected chi connectivity index (χ4v) is 2.34. The van der Waals surface area contributed by atoms with Crippen molar-refractivity contribution in [3.63, 3.8) is 0 Å². The van der Waals surface area contributed by atoms with E-state index in [4.69, 9.17) is 5.73 Å². The van der Waals surface area contributed by atoms with Gasteiger partial charge in [-0.15, -0.1) is 0 Å². The highest BCUT2D eigenvalue weighted by atomic mass is 16.1. The Balaban J connectivity index is 3.15. The largest absolute Gasteiger partial charge is 0.356 e. The van der Waals surface area contributed by atoms with Crippen LogP contribution in [0.1, 0.15) is 90.9 Å². The second kappa shape index (κ2) is 14.8. The van der Waals surface area contributed by atoms with Gasteiger partial charge in [-0.25, -0.2) is 0 Å². The first-order valence-electron chi connectivity index (χ1n) is 8.69. The zero-order chi connectivity index (χ0) is 15.1. The van der Waals surface area contributed by atoms with Gasteiger partial charge < -0.3 is 11.1 Å². The summed E-state index contributed by atoms with van der Waals surface area (Å²) in [5.41, 5.74) is 5.66. The third kappa shape index (κ3) is 15.5. The summed E-state index contributed by atoms with van der Waals surface area (Å²) in [6, 6.07) is 0.240. The molecule has 0 bridgehead atoms. The van der Waals surface area contributed by atoms with Gasteiger partial charge in [0.1, 0.15) is 0 Å². The molecule has 3 nitrogen and oxygen atoms in total. The van der Waals surface area contributed by atoms with Crippen molar-refractivity contribution in [2.24, 2.45) is 5.73 Å². The average Bonchev–Trinajstić information content (AvgIpc) is 2.41. The number of carbonyl (C=O) groups excluding carboxylic acids is 1. The number of hydrogen-bond acceptors (Lipinski definition) is 2. The third-order valence-electron chi connectivity index (χ3n) is 3.67. The molecule has 0 aliphatic rings. The van der Waals surface area contributed by atoms with Crippen LogP contribution in [0.25, 0.3) is 0 Å². The SMILES string of the molecule is CCCCCCCCCCCC(=O)NCCCC(C)N. The van der Waals surface area contributed by atoms with Crippen LogP contribution < -0.4 is 11.1 Å². The van der Waals surface area contributed by atoms with Gasteiger partial charge in [0.05, 0.1) is 0 Å². The van der Waals surface area contributed by atoms with Gasteiger partial charge >= 0.3 is 0 Å². The van der Waals surface area contributed by atoms with Gasteiger partial charge in [-0.1, -0.05) is 58.3 Å². The molecule has 0 aromatic carbocycles. The monoisotopic (exact) mass is 284 g/mol. The summed E-state index contributed by atoms with van der Waals surface area (Å²) < 4.78 is 0. The van der Waals surface area contributed by atoms with Crippen molar-refractivity contribution in [3.8, 4) is 0 Å². The Morgan fingerprint density at radius 1 is 0.950 bits per heavy atom. The Labute approximate surface area is 126 Å². The van der Waals surface area contributed by atoms with E-state index in [9.17, 15) is 4.79 Å². The molecule has 1 amide bonds. The van der Waals surface area contributed by atoms with Crippen molar-refractivity contribution >= 4 is 5.91 Å². The lowest BCUT2D eigenvalue weighted by atomic mass is 10.1. The molecular weight excluding hydrogens is 248 g/mol. The molecule has 0 fully saturated rings. The first-order chi connectivity index (χ1) is 9.66. The van der Waals surface area contributed by atoms with Crippen molar-refractivity contribution in [2.45, 2.75) is 96.9 Å². The number of carbonyl (C=O) groups is 1. The summed E-state index contributed by atoms with van der Waals surface area (Å²) in [5, 5.41) is 2.97. The van der Waals surface area contributed by atoms with Crippen LogP contribution in [0.3, 0.4) is 0 Å². The van der Waals surface area contributed by atoms with E-state index < -0.39 is 0 Å². The molecule has 0 aromatic heterocycles. The number of amides is 1. The second-order valence-corrected chi connectivity index (χ2v) is 6.05. The Morgan fingerprint density at radius 2 is 1.50 bits per heavy atom.